The van der Waals surface area contributed by atoms with E-state index in [1.54, 1.807) is 19.1 Å². The third-order valence-electron chi connectivity index (χ3n) is 3.73. The first-order valence-corrected chi connectivity index (χ1v) is 9.28. The van der Waals surface area contributed by atoms with Gasteiger partial charge in [-0.2, -0.15) is 0 Å². The van der Waals surface area contributed by atoms with Gasteiger partial charge in [0.05, 0.1) is 17.1 Å². The van der Waals surface area contributed by atoms with Gasteiger partial charge in [0.25, 0.3) is 0 Å². The maximum atomic E-state index is 12.3. The molecule has 0 radical (unpaired) electrons. The maximum absolute atomic E-state index is 12.3. The minimum atomic E-state index is -3.56. The van der Waals surface area contributed by atoms with Crippen LogP contribution in [0.1, 0.15) is 43.2 Å². The summed E-state index contributed by atoms with van der Waals surface area (Å²) in [6, 6.07) is 7.03. The van der Waals surface area contributed by atoms with E-state index in [9.17, 15) is 8.42 Å². The molecule has 2 aromatic rings. The van der Waals surface area contributed by atoms with E-state index in [1.165, 1.54) is 0 Å². The normalized spacial score (nSPS) is 12.0. The molecule has 0 aliphatic heterocycles. The first-order chi connectivity index (χ1) is 10.8. The Morgan fingerprint density at radius 1 is 1.17 bits per heavy atom. The number of nitrogens with one attached hydrogen (secondary N) is 1. The second-order valence-corrected chi connectivity index (χ2v) is 7.92. The second-order valence-electron chi connectivity index (χ2n) is 6.15. The molecule has 0 bridgehead atoms. The molecule has 1 heterocycles. The SMILES string of the molecule is Cc1nc(CNS(=O)(=O)c2ccc(CCC(C)C)cc2)oc1C. The molecule has 0 aliphatic carbocycles. The first kappa shape index (κ1) is 17.7. The number of benzene rings is 1. The summed E-state index contributed by atoms with van der Waals surface area (Å²) in [5.41, 5.74) is 1.92. The molecule has 2 rings (SSSR count). The van der Waals surface area contributed by atoms with Crippen LogP contribution in [0.5, 0.6) is 0 Å². The Kier molecular flexibility index (Phi) is 5.59. The summed E-state index contributed by atoms with van der Waals surface area (Å²) in [7, 11) is -3.56. The van der Waals surface area contributed by atoms with Crippen LogP contribution in [0.4, 0.5) is 0 Å². The van der Waals surface area contributed by atoms with Gasteiger partial charge < -0.3 is 4.42 Å². The van der Waals surface area contributed by atoms with Gasteiger partial charge in [0, 0.05) is 0 Å². The van der Waals surface area contributed by atoms with E-state index in [2.05, 4.69) is 23.6 Å². The minimum absolute atomic E-state index is 0.0477. The molecule has 6 heteroatoms. The van der Waals surface area contributed by atoms with Gasteiger partial charge in [-0.25, -0.2) is 18.1 Å². The number of rotatable bonds is 7. The number of aromatic nitrogens is 1. The summed E-state index contributed by atoms with van der Waals surface area (Å²) in [4.78, 5) is 4.42. The standard InChI is InChI=1S/C17H24N2O3S/c1-12(2)5-6-15-7-9-16(10-8-15)23(20,21)18-11-17-19-13(3)14(4)22-17/h7-10,12,18H,5-6,11H2,1-4H3. The summed E-state index contributed by atoms with van der Waals surface area (Å²) >= 11 is 0. The molecule has 0 saturated heterocycles. The van der Waals surface area contributed by atoms with E-state index < -0.39 is 10.0 Å². The predicted octanol–water partition coefficient (Wildman–Crippen LogP) is 3.36. The highest BCUT2D eigenvalue weighted by Crippen LogP contribution is 2.15. The van der Waals surface area contributed by atoms with Crippen LogP contribution in [0.15, 0.2) is 33.6 Å². The average molecular weight is 336 g/mol. The number of nitrogens with zero attached hydrogens (tertiary/aromatic N) is 1. The molecule has 126 valence electrons. The van der Waals surface area contributed by atoms with E-state index >= 15 is 0 Å². The van der Waals surface area contributed by atoms with Crippen molar-refractivity contribution in [1.29, 1.82) is 0 Å². The molecule has 5 nitrogen and oxygen atoms in total. The van der Waals surface area contributed by atoms with Crippen molar-refractivity contribution < 1.29 is 12.8 Å². The lowest BCUT2D eigenvalue weighted by molar-refractivity contribution is 0.463. The third-order valence-corrected chi connectivity index (χ3v) is 5.15. The van der Waals surface area contributed by atoms with Gasteiger partial charge in [-0.05, 0) is 50.3 Å². The van der Waals surface area contributed by atoms with E-state index in [0.717, 1.165) is 24.1 Å². The van der Waals surface area contributed by atoms with Crippen LogP contribution in [0, 0.1) is 19.8 Å². The Bertz CT molecular complexity index is 727. The molecule has 0 aliphatic rings. The van der Waals surface area contributed by atoms with E-state index in [1.807, 2.05) is 19.1 Å². The second kappa shape index (κ2) is 7.27. The lowest BCUT2D eigenvalue weighted by atomic mass is 10.0. The fourth-order valence-corrected chi connectivity index (χ4v) is 3.12. The molecular formula is C17H24N2O3S. The van der Waals surface area contributed by atoms with Gasteiger partial charge in [-0.3, -0.25) is 0 Å². The van der Waals surface area contributed by atoms with Gasteiger partial charge in [-0.1, -0.05) is 26.0 Å². The highest BCUT2D eigenvalue weighted by Gasteiger charge is 2.15. The molecule has 0 amide bonds. The molecule has 0 spiro atoms. The monoisotopic (exact) mass is 336 g/mol. The Hall–Kier alpha value is -1.66. The molecule has 0 unspecified atom stereocenters. The fourth-order valence-electron chi connectivity index (χ4n) is 2.15. The highest BCUT2D eigenvalue weighted by atomic mass is 32.2. The van der Waals surface area contributed by atoms with Crippen molar-refractivity contribution in [3.05, 3.63) is 47.2 Å². The van der Waals surface area contributed by atoms with Crippen LogP contribution < -0.4 is 4.72 Å². The Morgan fingerprint density at radius 2 is 1.83 bits per heavy atom. The smallest absolute Gasteiger partial charge is 0.241 e. The van der Waals surface area contributed by atoms with Crippen LogP contribution >= 0.6 is 0 Å². The molecule has 0 fully saturated rings. The predicted molar refractivity (Wildman–Crippen MR) is 89.6 cm³/mol. The zero-order chi connectivity index (χ0) is 17.0. The molecule has 1 N–H and O–H groups in total. The maximum Gasteiger partial charge on any atom is 0.241 e. The van der Waals surface area contributed by atoms with Crippen molar-refractivity contribution in [2.45, 2.75) is 52.0 Å². The number of oxazole rings is 1. The quantitative estimate of drug-likeness (QED) is 0.841. The number of sulfonamides is 1. The largest absolute Gasteiger partial charge is 0.444 e. The summed E-state index contributed by atoms with van der Waals surface area (Å²) in [6.07, 6.45) is 2.05. The molecule has 1 aromatic heterocycles. The van der Waals surface area contributed by atoms with Gasteiger partial charge in [0.2, 0.25) is 15.9 Å². The van der Waals surface area contributed by atoms with E-state index in [0.29, 0.717) is 17.6 Å². The molecule has 0 atom stereocenters. The Labute approximate surface area is 138 Å². The van der Waals surface area contributed by atoms with E-state index in [-0.39, 0.29) is 11.4 Å². The van der Waals surface area contributed by atoms with Crippen molar-refractivity contribution in [1.82, 2.24) is 9.71 Å². The number of hydrogen-bond donors (Lipinski definition) is 1. The van der Waals surface area contributed by atoms with Gasteiger partial charge in [0.1, 0.15) is 5.76 Å². The zero-order valence-electron chi connectivity index (χ0n) is 14.1. The number of hydrogen-bond acceptors (Lipinski definition) is 4. The molecule has 1 aromatic carbocycles. The van der Waals surface area contributed by atoms with E-state index in [4.69, 9.17) is 4.42 Å². The van der Waals surface area contributed by atoms with Crippen LogP contribution in [-0.2, 0) is 23.0 Å². The van der Waals surface area contributed by atoms with Gasteiger partial charge in [0.15, 0.2) is 0 Å². The summed E-state index contributed by atoms with van der Waals surface area (Å²) in [5.74, 6) is 1.71. The lowest BCUT2D eigenvalue weighted by Gasteiger charge is -2.07. The highest BCUT2D eigenvalue weighted by molar-refractivity contribution is 7.89. The van der Waals surface area contributed by atoms with Crippen LogP contribution in [0.3, 0.4) is 0 Å². The Morgan fingerprint density at radius 3 is 2.35 bits per heavy atom. The Balaban J connectivity index is 2.01. The molecule has 0 saturated carbocycles. The summed E-state index contributed by atoms with van der Waals surface area (Å²) < 4.78 is 32.5. The molecular weight excluding hydrogens is 312 g/mol. The average Bonchev–Trinajstić information content (AvgIpc) is 2.82. The molecule has 23 heavy (non-hydrogen) atoms. The van der Waals surface area contributed by atoms with Crippen molar-refractivity contribution in [2.75, 3.05) is 0 Å². The van der Waals surface area contributed by atoms with Crippen LogP contribution in [0.2, 0.25) is 0 Å². The van der Waals surface area contributed by atoms with Crippen LogP contribution in [0.25, 0.3) is 0 Å². The number of aryl methyl sites for hydroxylation is 3. The lowest BCUT2D eigenvalue weighted by Crippen LogP contribution is -2.23. The zero-order valence-corrected chi connectivity index (χ0v) is 14.9. The van der Waals surface area contributed by atoms with Crippen molar-refractivity contribution in [2.24, 2.45) is 5.92 Å². The van der Waals surface area contributed by atoms with Gasteiger partial charge in [-0.15, -0.1) is 0 Å². The van der Waals surface area contributed by atoms with Gasteiger partial charge >= 0.3 is 0 Å². The fraction of sp³-hybridized carbons (Fsp3) is 0.471. The third kappa shape index (κ3) is 4.91. The van der Waals surface area contributed by atoms with Crippen LogP contribution in [-0.4, -0.2) is 13.4 Å². The van der Waals surface area contributed by atoms with Crippen molar-refractivity contribution in [3.63, 3.8) is 0 Å². The minimum Gasteiger partial charge on any atom is -0.444 e. The summed E-state index contributed by atoms with van der Waals surface area (Å²) in [6.45, 7) is 8.03. The first-order valence-electron chi connectivity index (χ1n) is 7.79. The summed E-state index contributed by atoms with van der Waals surface area (Å²) in [5, 5.41) is 0. The van der Waals surface area contributed by atoms with Crippen molar-refractivity contribution in [3.8, 4) is 0 Å². The topological polar surface area (TPSA) is 72.2 Å². The van der Waals surface area contributed by atoms with Crippen molar-refractivity contribution >= 4 is 10.0 Å².